The van der Waals surface area contributed by atoms with Crippen molar-refractivity contribution in [1.29, 1.82) is 0 Å². The van der Waals surface area contributed by atoms with Crippen LogP contribution in [0.15, 0.2) is 18.2 Å². The highest BCUT2D eigenvalue weighted by molar-refractivity contribution is 5.85. The maximum atomic E-state index is 13.9. The van der Waals surface area contributed by atoms with E-state index in [-0.39, 0.29) is 48.4 Å². The molecule has 1 amide bonds. The number of amides is 1. The number of hydrogen-bond acceptors (Lipinski definition) is 7. The molecule has 2 saturated carbocycles. The lowest BCUT2D eigenvalue weighted by atomic mass is 9.73. The standard InChI is InChI=1S/C37H58N2O7/c1-2-3-6-13-27(40)17-18-28-31-21-25-12-11-16-33(45-24-35(41)42)32(25)22-26(31)23-34(28)46-37(44)30-15-8-7-14-29(30)36(43)39-20-10-5-4-9-19-38/h11-12,16,26-31,34,40H,2-10,13-15,17-24,38H2,1H3,(H,39,43)(H,41,42)/t26-,27-,28+,29?,30?,31-,34+/m0/s1. The van der Waals surface area contributed by atoms with E-state index in [2.05, 4.69) is 18.3 Å². The second-order valence-corrected chi connectivity index (χ2v) is 14.0. The molecule has 9 heteroatoms. The zero-order chi connectivity index (χ0) is 32.9. The molecule has 7 atom stereocenters. The van der Waals surface area contributed by atoms with Crippen molar-refractivity contribution in [3.63, 3.8) is 0 Å². The highest BCUT2D eigenvalue weighted by Gasteiger charge is 2.48. The lowest BCUT2D eigenvalue weighted by Gasteiger charge is -2.33. The molecule has 1 aromatic carbocycles. The zero-order valence-electron chi connectivity index (χ0n) is 27.9. The summed E-state index contributed by atoms with van der Waals surface area (Å²) < 4.78 is 12.1. The van der Waals surface area contributed by atoms with Gasteiger partial charge in [0.1, 0.15) is 11.9 Å². The molecule has 0 aliphatic heterocycles. The number of esters is 1. The molecule has 9 nitrogen and oxygen atoms in total. The SMILES string of the molecule is CCCCC[C@H](O)CC[C@@H]1[C@H]2Cc3cccc(OCC(=O)O)c3C[C@H]2C[C@H]1OC(=O)C1CCCCC1C(=O)NCCCCCCN. The van der Waals surface area contributed by atoms with E-state index in [0.717, 1.165) is 101 Å². The van der Waals surface area contributed by atoms with Gasteiger partial charge in [0.05, 0.1) is 17.9 Å². The summed E-state index contributed by atoms with van der Waals surface area (Å²) in [5.74, 6) is -0.755. The van der Waals surface area contributed by atoms with Crippen LogP contribution < -0.4 is 15.8 Å². The van der Waals surface area contributed by atoms with Crippen molar-refractivity contribution in [2.45, 2.75) is 128 Å². The Morgan fingerprint density at radius 3 is 2.54 bits per heavy atom. The molecule has 46 heavy (non-hydrogen) atoms. The van der Waals surface area contributed by atoms with Crippen LogP contribution in [0.5, 0.6) is 5.75 Å². The quantitative estimate of drug-likeness (QED) is 0.113. The Morgan fingerprint density at radius 2 is 1.78 bits per heavy atom. The first-order valence-corrected chi connectivity index (χ1v) is 18.1. The zero-order valence-corrected chi connectivity index (χ0v) is 27.9. The summed E-state index contributed by atoms with van der Waals surface area (Å²) >= 11 is 0. The number of ether oxygens (including phenoxy) is 2. The summed E-state index contributed by atoms with van der Waals surface area (Å²) in [7, 11) is 0. The molecule has 3 aliphatic carbocycles. The Labute approximate surface area is 275 Å². The van der Waals surface area contributed by atoms with Gasteiger partial charge in [0, 0.05) is 6.54 Å². The van der Waals surface area contributed by atoms with Gasteiger partial charge in [0.25, 0.3) is 0 Å². The highest BCUT2D eigenvalue weighted by atomic mass is 16.5. The molecule has 2 fully saturated rings. The number of aliphatic hydroxyl groups excluding tert-OH is 1. The fourth-order valence-corrected chi connectivity index (χ4v) is 8.27. The van der Waals surface area contributed by atoms with E-state index in [9.17, 15) is 24.6 Å². The number of carboxylic acids is 1. The van der Waals surface area contributed by atoms with Crippen LogP contribution in [0.25, 0.3) is 0 Å². The average Bonchev–Trinajstić information content (AvgIpc) is 3.38. The Bertz CT molecular complexity index is 1130. The molecule has 0 bridgehead atoms. The van der Waals surface area contributed by atoms with E-state index in [1.165, 1.54) is 0 Å². The summed E-state index contributed by atoms with van der Waals surface area (Å²) in [5.41, 5.74) is 7.81. The Hall–Kier alpha value is -2.65. The number of unbranched alkanes of at least 4 members (excludes halogenated alkanes) is 5. The first kappa shape index (κ1) is 36.2. The van der Waals surface area contributed by atoms with Crippen molar-refractivity contribution in [1.82, 2.24) is 5.32 Å². The second-order valence-electron chi connectivity index (χ2n) is 14.0. The second kappa shape index (κ2) is 18.6. The number of carbonyl (C=O) groups is 3. The summed E-state index contributed by atoms with van der Waals surface area (Å²) in [4.78, 5) is 38.3. The van der Waals surface area contributed by atoms with Crippen LogP contribution in [0, 0.1) is 29.6 Å². The van der Waals surface area contributed by atoms with Crippen LogP contribution in [0.2, 0.25) is 0 Å². The largest absolute Gasteiger partial charge is 0.482 e. The van der Waals surface area contributed by atoms with Gasteiger partial charge in [-0.2, -0.15) is 0 Å². The third kappa shape index (κ3) is 10.2. The van der Waals surface area contributed by atoms with Gasteiger partial charge < -0.3 is 30.7 Å². The Morgan fingerprint density at radius 1 is 1.00 bits per heavy atom. The number of aliphatic carboxylic acids is 1. The van der Waals surface area contributed by atoms with E-state index in [0.29, 0.717) is 44.0 Å². The van der Waals surface area contributed by atoms with Gasteiger partial charge in [0.2, 0.25) is 5.91 Å². The fourth-order valence-electron chi connectivity index (χ4n) is 8.27. The van der Waals surface area contributed by atoms with Crippen LogP contribution in [0.4, 0.5) is 0 Å². The van der Waals surface area contributed by atoms with Crippen LogP contribution >= 0.6 is 0 Å². The molecule has 258 valence electrons. The Kier molecular flexibility index (Phi) is 14.7. The minimum Gasteiger partial charge on any atom is -0.482 e. The minimum absolute atomic E-state index is 0.0309. The van der Waals surface area contributed by atoms with E-state index in [1.54, 1.807) is 0 Å². The normalized spacial score (nSPS) is 26.1. The first-order valence-electron chi connectivity index (χ1n) is 18.1. The number of nitrogens with two attached hydrogens (primary N) is 1. The number of hydrogen-bond donors (Lipinski definition) is 4. The molecule has 0 saturated heterocycles. The van der Waals surface area contributed by atoms with Crippen molar-refractivity contribution >= 4 is 17.8 Å². The van der Waals surface area contributed by atoms with Gasteiger partial charge in [0.15, 0.2) is 6.61 Å². The maximum Gasteiger partial charge on any atom is 0.341 e. The Balaban J connectivity index is 1.44. The van der Waals surface area contributed by atoms with E-state index in [1.807, 2.05) is 12.1 Å². The predicted molar refractivity (Wildman–Crippen MR) is 177 cm³/mol. The van der Waals surface area contributed by atoms with E-state index < -0.39 is 11.9 Å². The van der Waals surface area contributed by atoms with Gasteiger partial charge in [-0.05, 0) is 106 Å². The van der Waals surface area contributed by atoms with Gasteiger partial charge in [-0.25, -0.2) is 4.79 Å². The summed E-state index contributed by atoms with van der Waals surface area (Å²) in [6.45, 7) is 3.09. The molecule has 3 aliphatic rings. The topological polar surface area (TPSA) is 148 Å². The van der Waals surface area contributed by atoms with Crippen LogP contribution in [-0.4, -0.2) is 60.0 Å². The van der Waals surface area contributed by atoms with Crippen LogP contribution in [0.1, 0.15) is 114 Å². The molecule has 0 heterocycles. The molecule has 5 N–H and O–H groups in total. The highest BCUT2D eigenvalue weighted by Crippen LogP contribution is 2.50. The minimum atomic E-state index is -1.01. The van der Waals surface area contributed by atoms with Crippen LogP contribution in [0.3, 0.4) is 0 Å². The molecule has 1 aromatic rings. The molecule has 2 unspecified atom stereocenters. The van der Waals surface area contributed by atoms with E-state index in [4.69, 9.17) is 15.2 Å². The van der Waals surface area contributed by atoms with Gasteiger partial charge >= 0.3 is 11.9 Å². The summed E-state index contributed by atoms with van der Waals surface area (Å²) in [6, 6.07) is 5.86. The molecule has 0 spiro atoms. The summed E-state index contributed by atoms with van der Waals surface area (Å²) in [5, 5.41) is 23.1. The molecule has 4 rings (SSSR count). The number of rotatable bonds is 19. The number of carboxylic acid groups (broad SMARTS) is 1. The third-order valence-electron chi connectivity index (χ3n) is 10.7. The van der Waals surface area contributed by atoms with Crippen molar-refractivity contribution < 1.29 is 34.1 Å². The smallest absolute Gasteiger partial charge is 0.341 e. The monoisotopic (exact) mass is 642 g/mol. The first-order chi connectivity index (χ1) is 22.3. The number of aliphatic hydroxyl groups is 1. The van der Waals surface area contributed by atoms with E-state index >= 15 is 0 Å². The van der Waals surface area contributed by atoms with Gasteiger partial charge in [-0.15, -0.1) is 0 Å². The summed E-state index contributed by atoms with van der Waals surface area (Å²) in [6.07, 6.45) is 14.4. The third-order valence-corrected chi connectivity index (χ3v) is 10.7. The number of carbonyl (C=O) groups excluding carboxylic acids is 2. The molecule has 0 radical (unpaired) electrons. The van der Waals surface area contributed by atoms with Crippen LogP contribution in [-0.2, 0) is 32.0 Å². The molecular weight excluding hydrogens is 584 g/mol. The number of fused-ring (bicyclic) bond motifs is 2. The average molecular weight is 643 g/mol. The van der Waals surface area contributed by atoms with Crippen molar-refractivity contribution in [2.24, 2.45) is 35.3 Å². The predicted octanol–water partition coefficient (Wildman–Crippen LogP) is 5.58. The maximum absolute atomic E-state index is 13.9. The van der Waals surface area contributed by atoms with Crippen molar-refractivity contribution in [3.05, 3.63) is 29.3 Å². The molecular formula is C37H58N2O7. The number of nitrogens with one attached hydrogen (secondary N) is 1. The lowest BCUT2D eigenvalue weighted by molar-refractivity contribution is -0.162. The fraction of sp³-hybridized carbons (Fsp3) is 0.757. The van der Waals surface area contributed by atoms with Gasteiger partial charge in [-0.1, -0.05) is 64.0 Å². The number of benzene rings is 1. The lowest BCUT2D eigenvalue weighted by Crippen LogP contribution is -2.42. The van der Waals surface area contributed by atoms with Crippen molar-refractivity contribution in [2.75, 3.05) is 19.7 Å². The van der Waals surface area contributed by atoms with Gasteiger partial charge in [-0.3, -0.25) is 9.59 Å². The van der Waals surface area contributed by atoms with Crippen molar-refractivity contribution in [3.8, 4) is 5.75 Å². The molecule has 0 aromatic heterocycles.